The number of hydrogen-bond donors (Lipinski definition) is 3. The molecule has 1 heterocycles. The number of amides is 3. The first kappa shape index (κ1) is 10.2. The maximum atomic E-state index is 11.0. The first-order valence-corrected chi connectivity index (χ1v) is 4.51. The molecule has 82 valence electrons. The average molecular weight is 219 g/mol. The molecule has 0 unspecified atom stereocenters. The monoisotopic (exact) mass is 219 g/mol. The number of phenols is 1. The zero-order valence-corrected chi connectivity index (χ0v) is 8.50. The molecule has 1 aromatic carbocycles. The predicted molar refractivity (Wildman–Crippen MR) is 57.7 cm³/mol. The normalized spacial score (nSPS) is 12.7. The van der Waals surface area contributed by atoms with Crippen molar-refractivity contribution in [3.05, 3.63) is 16.6 Å². The van der Waals surface area contributed by atoms with E-state index in [1.165, 1.54) is 13.0 Å². The van der Waals surface area contributed by atoms with Gasteiger partial charge in [0.05, 0.1) is 5.69 Å². The van der Waals surface area contributed by atoms with Gasteiger partial charge >= 0.3 is 6.03 Å². The minimum absolute atomic E-state index is 0.182. The Morgan fingerprint density at radius 2 is 2.31 bits per heavy atom. The van der Waals surface area contributed by atoms with Gasteiger partial charge in [-0.25, -0.2) is 4.79 Å². The highest BCUT2D eigenvalue weighted by Gasteiger charge is 2.19. The average Bonchev–Trinajstić information content (AvgIpc) is 2.56. The summed E-state index contributed by atoms with van der Waals surface area (Å²) in [5.41, 5.74) is 0.384. The molecule has 0 spiro atoms. The van der Waals surface area contributed by atoms with Crippen LogP contribution in [0.25, 0.3) is 6.58 Å². The number of fused-ring (bicyclic) bond motifs is 1. The summed E-state index contributed by atoms with van der Waals surface area (Å²) < 4.78 is 0. The minimum Gasteiger partial charge on any atom is -0.504 e. The molecule has 2 rings (SSSR count). The van der Waals surface area contributed by atoms with E-state index in [9.17, 15) is 14.7 Å². The van der Waals surface area contributed by atoms with Crippen LogP contribution in [0.3, 0.4) is 0 Å². The van der Waals surface area contributed by atoms with Crippen LogP contribution < -0.4 is 21.2 Å². The van der Waals surface area contributed by atoms with Crippen LogP contribution in [-0.2, 0) is 4.79 Å². The highest BCUT2D eigenvalue weighted by atomic mass is 16.3. The van der Waals surface area contributed by atoms with Gasteiger partial charge in [0, 0.05) is 6.92 Å². The first-order chi connectivity index (χ1) is 7.49. The molecule has 1 aromatic rings. The molecule has 0 atom stereocenters. The number of aromatic hydroxyl groups is 1. The Kier molecular flexibility index (Phi) is 2.12. The van der Waals surface area contributed by atoms with Crippen molar-refractivity contribution in [1.82, 2.24) is 0 Å². The Morgan fingerprint density at radius 3 is 2.94 bits per heavy atom. The Bertz CT molecular complexity index is 607. The van der Waals surface area contributed by atoms with Crippen LogP contribution in [0.2, 0.25) is 0 Å². The third-order valence-electron chi connectivity index (χ3n) is 2.11. The molecule has 6 heteroatoms. The Labute approximate surface area is 90.3 Å². The molecule has 0 bridgehead atoms. The number of benzene rings is 1. The second kappa shape index (κ2) is 3.34. The lowest BCUT2D eigenvalue weighted by atomic mass is 10.2. The third kappa shape index (κ3) is 1.50. The van der Waals surface area contributed by atoms with Crippen molar-refractivity contribution in [3.63, 3.8) is 0 Å². The number of nitrogens with one attached hydrogen (secondary N) is 2. The van der Waals surface area contributed by atoms with Crippen molar-refractivity contribution in [1.29, 1.82) is 0 Å². The fourth-order valence-corrected chi connectivity index (χ4v) is 1.49. The Hall–Kier alpha value is -2.37. The molecule has 0 radical (unpaired) electrons. The van der Waals surface area contributed by atoms with E-state index in [-0.39, 0.29) is 23.0 Å². The minimum atomic E-state index is -0.560. The summed E-state index contributed by atoms with van der Waals surface area (Å²) in [6, 6.07) is 0.898. The van der Waals surface area contributed by atoms with Crippen LogP contribution >= 0.6 is 0 Å². The summed E-state index contributed by atoms with van der Waals surface area (Å²) >= 11 is 0. The molecule has 6 nitrogen and oxygen atoms in total. The maximum absolute atomic E-state index is 11.0. The largest absolute Gasteiger partial charge is 0.504 e. The van der Waals surface area contributed by atoms with Crippen molar-refractivity contribution >= 4 is 29.9 Å². The van der Waals surface area contributed by atoms with Crippen LogP contribution in [0.15, 0.2) is 11.1 Å². The Morgan fingerprint density at radius 1 is 1.62 bits per heavy atom. The molecular formula is C10H9N3O3. The van der Waals surface area contributed by atoms with Crippen molar-refractivity contribution in [2.24, 2.45) is 4.99 Å². The van der Waals surface area contributed by atoms with E-state index in [1.54, 1.807) is 0 Å². The number of phenolic OH excluding ortho intramolecular Hbond substituents is 1. The summed E-state index contributed by atoms with van der Waals surface area (Å²) in [6.45, 7) is 5.01. The van der Waals surface area contributed by atoms with Gasteiger partial charge in [0.15, 0.2) is 5.75 Å². The van der Waals surface area contributed by atoms with Crippen LogP contribution in [0, 0.1) is 0 Å². The van der Waals surface area contributed by atoms with Gasteiger partial charge in [0.25, 0.3) is 0 Å². The number of carbonyl (C=O) groups excluding carboxylic acids is 2. The standard InChI is InChI=1S/C10H9N3O3/c1-4-3-6(11-5(2)14)9(15)8-7(4)12-10(16)13-8/h3,15H,1H2,2H3,(H,11,14)(H,13,16). The summed E-state index contributed by atoms with van der Waals surface area (Å²) in [7, 11) is 0. The van der Waals surface area contributed by atoms with Crippen molar-refractivity contribution in [2.45, 2.75) is 6.92 Å². The van der Waals surface area contributed by atoms with Gasteiger partial charge in [0.2, 0.25) is 5.91 Å². The van der Waals surface area contributed by atoms with E-state index in [4.69, 9.17) is 0 Å². The molecule has 3 amide bonds. The first-order valence-electron chi connectivity index (χ1n) is 4.51. The van der Waals surface area contributed by atoms with E-state index in [1.807, 2.05) is 0 Å². The third-order valence-corrected chi connectivity index (χ3v) is 2.11. The molecular weight excluding hydrogens is 210 g/mol. The maximum Gasteiger partial charge on any atom is 0.346 e. The van der Waals surface area contributed by atoms with Gasteiger partial charge in [-0.05, 0) is 11.3 Å². The molecule has 0 aliphatic carbocycles. The number of anilines is 2. The van der Waals surface area contributed by atoms with Gasteiger partial charge in [-0.2, -0.15) is 4.99 Å². The zero-order valence-electron chi connectivity index (χ0n) is 8.50. The molecule has 0 aromatic heterocycles. The predicted octanol–water partition coefficient (Wildman–Crippen LogP) is -0.0740. The van der Waals surface area contributed by atoms with Crippen LogP contribution in [0.1, 0.15) is 6.92 Å². The topological polar surface area (TPSA) is 90.8 Å². The lowest BCUT2D eigenvalue weighted by molar-refractivity contribution is -0.114. The van der Waals surface area contributed by atoms with Crippen LogP contribution in [-0.4, -0.2) is 17.0 Å². The quantitative estimate of drug-likeness (QED) is 0.577. The fraction of sp³-hybridized carbons (Fsp3) is 0.100. The SMILES string of the molecule is C=c1cc(NC(C)=O)c(O)c2c1=NC(=O)N2. The van der Waals surface area contributed by atoms with Crippen molar-refractivity contribution < 1.29 is 14.7 Å². The summed E-state index contributed by atoms with van der Waals surface area (Å²) in [6.07, 6.45) is 0. The van der Waals surface area contributed by atoms with Crippen LogP contribution in [0.5, 0.6) is 5.75 Å². The molecule has 0 fully saturated rings. The van der Waals surface area contributed by atoms with Gasteiger partial charge in [-0.3, -0.25) is 4.79 Å². The molecule has 1 aliphatic heterocycles. The smallest absolute Gasteiger partial charge is 0.346 e. The van der Waals surface area contributed by atoms with Crippen LogP contribution in [0.4, 0.5) is 16.2 Å². The lowest BCUT2D eigenvalue weighted by Crippen LogP contribution is -2.24. The van der Waals surface area contributed by atoms with Crippen molar-refractivity contribution in [3.8, 4) is 5.75 Å². The van der Waals surface area contributed by atoms with Crippen molar-refractivity contribution in [2.75, 3.05) is 10.6 Å². The Balaban J connectivity index is 2.66. The molecule has 3 N–H and O–H groups in total. The van der Waals surface area contributed by atoms with Gasteiger partial charge < -0.3 is 15.7 Å². The van der Waals surface area contributed by atoms with E-state index in [0.717, 1.165) is 0 Å². The molecule has 0 saturated carbocycles. The number of nitrogens with zero attached hydrogens (tertiary/aromatic N) is 1. The van der Waals surface area contributed by atoms with Gasteiger partial charge in [-0.1, -0.05) is 6.58 Å². The lowest BCUT2D eigenvalue weighted by Gasteiger charge is -2.07. The second-order valence-corrected chi connectivity index (χ2v) is 3.38. The second-order valence-electron chi connectivity index (χ2n) is 3.38. The fourth-order valence-electron chi connectivity index (χ4n) is 1.49. The van der Waals surface area contributed by atoms with Gasteiger partial charge in [-0.15, -0.1) is 0 Å². The molecule has 1 aliphatic rings. The molecule has 16 heavy (non-hydrogen) atoms. The number of hydrogen-bond acceptors (Lipinski definition) is 3. The molecule has 0 saturated heterocycles. The van der Waals surface area contributed by atoms with E-state index >= 15 is 0 Å². The van der Waals surface area contributed by atoms with E-state index in [2.05, 4.69) is 22.2 Å². The highest BCUT2D eigenvalue weighted by molar-refractivity contribution is 5.98. The van der Waals surface area contributed by atoms with Gasteiger partial charge in [0.1, 0.15) is 11.0 Å². The summed E-state index contributed by atoms with van der Waals surface area (Å²) in [5, 5.41) is 15.3. The highest BCUT2D eigenvalue weighted by Crippen LogP contribution is 2.28. The summed E-state index contributed by atoms with van der Waals surface area (Å²) in [5.74, 6) is -0.539. The summed E-state index contributed by atoms with van der Waals surface area (Å²) in [4.78, 5) is 25.6. The number of rotatable bonds is 1. The number of urea groups is 1. The van der Waals surface area contributed by atoms with E-state index < -0.39 is 6.03 Å². The number of carbonyl (C=O) groups is 2. The van der Waals surface area contributed by atoms with E-state index in [0.29, 0.717) is 10.6 Å². The zero-order chi connectivity index (χ0) is 11.9.